The van der Waals surface area contributed by atoms with Crippen LogP contribution in [0.2, 0.25) is 0 Å². The highest BCUT2D eigenvalue weighted by Crippen LogP contribution is 2.13. The fourth-order valence-corrected chi connectivity index (χ4v) is 2.25. The van der Waals surface area contributed by atoms with Gasteiger partial charge < -0.3 is 15.4 Å². The van der Waals surface area contributed by atoms with Gasteiger partial charge in [-0.1, -0.05) is 24.3 Å². The molecule has 0 bridgehead atoms. The zero-order chi connectivity index (χ0) is 16.2. The van der Waals surface area contributed by atoms with Crippen molar-refractivity contribution in [2.24, 2.45) is 0 Å². The second-order valence-corrected chi connectivity index (χ2v) is 6.60. The number of benzene rings is 1. The van der Waals surface area contributed by atoms with E-state index in [0.29, 0.717) is 26.0 Å². The molecule has 0 spiro atoms. The van der Waals surface area contributed by atoms with E-state index in [1.54, 1.807) is 0 Å². The van der Waals surface area contributed by atoms with Gasteiger partial charge in [-0.05, 0) is 38.3 Å². The number of ether oxygens (including phenoxy) is 1. The molecule has 2 amide bonds. The molecule has 22 heavy (non-hydrogen) atoms. The number of rotatable bonds is 5. The van der Waals surface area contributed by atoms with Crippen molar-refractivity contribution in [2.75, 3.05) is 0 Å². The minimum atomic E-state index is -0.389. The molecule has 5 heteroatoms. The van der Waals surface area contributed by atoms with Gasteiger partial charge in [0.05, 0.1) is 12.2 Å². The molecule has 0 radical (unpaired) electrons. The van der Waals surface area contributed by atoms with Gasteiger partial charge in [0.15, 0.2) is 0 Å². The van der Waals surface area contributed by atoms with E-state index < -0.39 is 0 Å². The summed E-state index contributed by atoms with van der Waals surface area (Å²) < 4.78 is 5.75. The van der Waals surface area contributed by atoms with Crippen LogP contribution in [-0.2, 0) is 27.5 Å². The van der Waals surface area contributed by atoms with Crippen molar-refractivity contribution in [1.29, 1.82) is 0 Å². The summed E-state index contributed by atoms with van der Waals surface area (Å²) >= 11 is 0. The number of hydrogen-bond acceptors (Lipinski definition) is 3. The first-order chi connectivity index (χ1) is 10.3. The number of nitrogens with one attached hydrogen (secondary N) is 2. The molecule has 1 aromatic carbocycles. The molecule has 1 fully saturated rings. The molecule has 0 saturated carbocycles. The van der Waals surface area contributed by atoms with Crippen LogP contribution < -0.4 is 10.6 Å². The maximum atomic E-state index is 12.0. The summed E-state index contributed by atoms with van der Waals surface area (Å²) in [6, 6.07) is 7.57. The molecule has 1 saturated heterocycles. The number of carbonyl (C=O) groups excluding carboxylic acids is 2. The number of hydrogen-bond donors (Lipinski definition) is 2. The Bertz CT molecular complexity index is 549. The first-order valence-corrected chi connectivity index (χ1v) is 7.62. The Balaban J connectivity index is 1.85. The van der Waals surface area contributed by atoms with Crippen LogP contribution in [0.1, 0.15) is 44.7 Å². The third-order valence-electron chi connectivity index (χ3n) is 3.44. The van der Waals surface area contributed by atoms with Crippen molar-refractivity contribution in [1.82, 2.24) is 10.6 Å². The zero-order valence-electron chi connectivity index (χ0n) is 13.4. The topological polar surface area (TPSA) is 67.4 Å². The minimum absolute atomic E-state index is 0.0542. The molecule has 1 heterocycles. The van der Waals surface area contributed by atoms with Gasteiger partial charge in [0, 0.05) is 13.0 Å². The minimum Gasteiger partial charge on any atom is -0.371 e. The number of amides is 2. The molecular weight excluding hydrogens is 280 g/mol. The molecule has 0 unspecified atom stereocenters. The Morgan fingerprint density at radius 3 is 2.73 bits per heavy atom. The Labute approximate surface area is 131 Å². The van der Waals surface area contributed by atoms with Crippen LogP contribution in [0.15, 0.2) is 24.3 Å². The molecule has 0 aliphatic carbocycles. The van der Waals surface area contributed by atoms with Gasteiger partial charge in [-0.3, -0.25) is 9.59 Å². The highest BCUT2D eigenvalue weighted by molar-refractivity contribution is 5.90. The lowest BCUT2D eigenvalue weighted by Gasteiger charge is -2.19. The predicted molar refractivity (Wildman–Crippen MR) is 84.0 cm³/mol. The van der Waals surface area contributed by atoms with Gasteiger partial charge in [0.1, 0.15) is 6.04 Å². The lowest BCUT2D eigenvalue weighted by molar-refractivity contribution is -0.125. The second-order valence-electron chi connectivity index (χ2n) is 6.60. The standard InChI is InChI=1S/C17H24N2O3/c1-17(2,3)22-11-13-6-4-5-12(9-13)10-18-16(21)14-7-8-15(20)19-14/h4-6,9,14H,7-8,10-11H2,1-3H3,(H,18,21)(H,19,20)/t14-/m0/s1. The quantitative estimate of drug-likeness (QED) is 0.873. The monoisotopic (exact) mass is 304 g/mol. The number of carbonyl (C=O) groups is 2. The first kappa shape index (κ1) is 16.5. The third kappa shape index (κ3) is 5.15. The van der Waals surface area contributed by atoms with Crippen LogP contribution in [0, 0.1) is 0 Å². The van der Waals surface area contributed by atoms with Crippen molar-refractivity contribution in [3.8, 4) is 0 Å². The lowest BCUT2D eigenvalue weighted by atomic mass is 10.1. The van der Waals surface area contributed by atoms with Crippen molar-refractivity contribution in [3.63, 3.8) is 0 Å². The van der Waals surface area contributed by atoms with E-state index in [0.717, 1.165) is 11.1 Å². The molecular formula is C17H24N2O3. The van der Waals surface area contributed by atoms with E-state index in [4.69, 9.17) is 4.74 Å². The van der Waals surface area contributed by atoms with Crippen LogP contribution in [-0.4, -0.2) is 23.5 Å². The Hall–Kier alpha value is -1.88. The molecule has 1 atom stereocenters. The largest absolute Gasteiger partial charge is 0.371 e. The Morgan fingerprint density at radius 1 is 1.36 bits per heavy atom. The van der Waals surface area contributed by atoms with E-state index in [-0.39, 0.29) is 23.5 Å². The average Bonchev–Trinajstić information content (AvgIpc) is 2.89. The van der Waals surface area contributed by atoms with Crippen LogP contribution in [0.4, 0.5) is 0 Å². The van der Waals surface area contributed by atoms with E-state index in [2.05, 4.69) is 10.6 Å². The molecule has 1 aliphatic heterocycles. The van der Waals surface area contributed by atoms with Crippen LogP contribution in [0.5, 0.6) is 0 Å². The van der Waals surface area contributed by atoms with Crippen molar-refractivity contribution in [3.05, 3.63) is 35.4 Å². The summed E-state index contributed by atoms with van der Waals surface area (Å²) in [5, 5.41) is 5.53. The van der Waals surface area contributed by atoms with Gasteiger partial charge in [0.25, 0.3) is 0 Å². The second kappa shape index (κ2) is 6.92. The van der Waals surface area contributed by atoms with Crippen molar-refractivity contribution < 1.29 is 14.3 Å². The maximum absolute atomic E-state index is 12.0. The lowest BCUT2D eigenvalue weighted by Crippen LogP contribution is -2.41. The Kier molecular flexibility index (Phi) is 5.19. The highest BCUT2D eigenvalue weighted by Gasteiger charge is 2.26. The average molecular weight is 304 g/mol. The zero-order valence-corrected chi connectivity index (χ0v) is 13.4. The van der Waals surface area contributed by atoms with Crippen LogP contribution >= 0.6 is 0 Å². The summed E-state index contributed by atoms with van der Waals surface area (Å²) in [7, 11) is 0. The van der Waals surface area contributed by atoms with Crippen molar-refractivity contribution in [2.45, 2.75) is 58.4 Å². The fourth-order valence-electron chi connectivity index (χ4n) is 2.25. The molecule has 1 aromatic rings. The molecule has 2 rings (SSSR count). The van der Waals surface area contributed by atoms with Gasteiger partial charge in [-0.15, -0.1) is 0 Å². The molecule has 1 aliphatic rings. The molecule has 0 aromatic heterocycles. The highest BCUT2D eigenvalue weighted by atomic mass is 16.5. The predicted octanol–water partition coefficient (Wildman–Crippen LogP) is 1.90. The SMILES string of the molecule is CC(C)(C)OCc1cccc(CNC(=O)[C@@H]2CCC(=O)N2)c1. The maximum Gasteiger partial charge on any atom is 0.242 e. The first-order valence-electron chi connectivity index (χ1n) is 7.62. The van der Waals surface area contributed by atoms with Crippen LogP contribution in [0.3, 0.4) is 0 Å². The summed E-state index contributed by atoms with van der Waals surface area (Å²) in [6.07, 6.45) is 1.00. The molecule has 2 N–H and O–H groups in total. The van der Waals surface area contributed by atoms with Gasteiger partial charge in [-0.2, -0.15) is 0 Å². The third-order valence-corrected chi connectivity index (χ3v) is 3.44. The molecule has 120 valence electrons. The smallest absolute Gasteiger partial charge is 0.242 e. The van der Waals surface area contributed by atoms with Crippen molar-refractivity contribution >= 4 is 11.8 Å². The summed E-state index contributed by atoms with van der Waals surface area (Å²) in [4.78, 5) is 23.1. The molecule has 5 nitrogen and oxygen atoms in total. The summed E-state index contributed by atoms with van der Waals surface area (Å²) in [6.45, 7) is 7.06. The summed E-state index contributed by atoms with van der Waals surface area (Å²) in [5.74, 6) is -0.177. The van der Waals surface area contributed by atoms with Gasteiger partial charge >= 0.3 is 0 Å². The van der Waals surface area contributed by atoms with Gasteiger partial charge in [0.2, 0.25) is 11.8 Å². The Morgan fingerprint density at radius 2 is 2.09 bits per heavy atom. The van der Waals surface area contributed by atoms with E-state index >= 15 is 0 Å². The van der Waals surface area contributed by atoms with E-state index in [1.165, 1.54) is 0 Å². The van der Waals surface area contributed by atoms with Gasteiger partial charge in [-0.25, -0.2) is 0 Å². The van der Waals surface area contributed by atoms with E-state index in [9.17, 15) is 9.59 Å². The summed E-state index contributed by atoms with van der Waals surface area (Å²) in [5.41, 5.74) is 1.92. The fraction of sp³-hybridized carbons (Fsp3) is 0.529. The van der Waals surface area contributed by atoms with Crippen LogP contribution in [0.25, 0.3) is 0 Å². The van der Waals surface area contributed by atoms with E-state index in [1.807, 2.05) is 45.0 Å². The normalized spacial score (nSPS) is 18.1.